The first-order valence-electron chi connectivity index (χ1n) is 11.8. The minimum Gasteiger partial charge on any atom is -0.316 e. The molecule has 0 radical (unpaired) electrons. The molecule has 0 bridgehead atoms. The van der Waals surface area contributed by atoms with Gasteiger partial charge in [0.1, 0.15) is 0 Å². The number of likely N-dealkylation sites (tertiary alicyclic amines) is 1. The van der Waals surface area contributed by atoms with E-state index in [1.807, 2.05) is 0 Å². The lowest BCUT2D eigenvalue weighted by molar-refractivity contribution is 0.148. The average Bonchev–Trinajstić information content (AvgIpc) is 3.11. The number of benzene rings is 3. The van der Waals surface area contributed by atoms with Gasteiger partial charge in [0.15, 0.2) is 4.77 Å². The fraction of sp³-hybridized carbons (Fsp3) is 0.321. The van der Waals surface area contributed by atoms with Gasteiger partial charge >= 0.3 is 0 Å². The molecule has 0 aliphatic carbocycles. The van der Waals surface area contributed by atoms with Crippen molar-refractivity contribution in [2.24, 2.45) is 5.92 Å². The highest BCUT2D eigenvalue weighted by atomic mass is 32.1. The summed E-state index contributed by atoms with van der Waals surface area (Å²) in [4.78, 5) is 2.57. The quantitative estimate of drug-likeness (QED) is 0.311. The van der Waals surface area contributed by atoms with E-state index in [1.165, 1.54) is 41.4 Å². The summed E-state index contributed by atoms with van der Waals surface area (Å²) in [5.74, 6) is 0.786. The normalized spacial score (nSPS) is 15.4. The van der Waals surface area contributed by atoms with E-state index in [-0.39, 0.29) is 0 Å². The Hall–Kier alpha value is -2.69. The Morgan fingerprint density at radius 1 is 0.688 bits per heavy atom. The summed E-state index contributed by atoms with van der Waals surface area (Å²) in [5, 5.41) is 0. The number of aryl methyl sites for hydroxylation is 2. The predicted octanol–water partition coefficient (Wildman–Crippen LogP) is 6.33. The van der Waals surface area contributed by atoms with Gasteiger partial charge in [-0.3, -0.25) is 4.90 Å². The van der Waals surface area contributed by atoms with Crippen molar-refractivity contribution in [1.82, 2.24) is 14.0 Å². The van der Waals surface area contributed by atoms with Crippen molar-refractivity contribution in [3.05, 3.63) is 101 Å². The summed E-state index contributed by atoms with van der Waals surface area (Å²) in [6.45, 7) is 4.08. The first kappa shape index (κ1) is 21.2. The Kier molecular flexibility index (Phi) is 6.51. The van der Waals surface area contributed by atoms with Crippen LogP contribution in [0.4, 0.5) is 0 Å². The molecular weight excluding hydrogens is 410 g/mol. The van der Waals surface area contributed by atoms with Crippen molar-refractivity contribution >= 4 is 23.3 Å². The number of hydrogen-bond donors (Lipinski definition) is 0. The summed E-state index contributed by atoms with van der Waals surface area (Å²) in [5.41, 5.74) is 5.31. The number of piperidine rings is 1. The van der Waals surface area contributed by atoms with Crippen LogP contribution in [0.5, 0.6) is 0 Å². The summed E-state index contributed by atoms with van der Waals surface area (Å²) in [7, 11) is 0. The van der Waals surface area contributed by atoms with Gasteiger partial charge in [0.2, 0.25) is 0 Å². The second-order valence-corrected chi connectivity index (χ2v) is 9.34. The molecule has 3 nitrogen and oxygen atoms in total. The highest BCUT2D eigenvalue weighted by Crippen LogP contribution is 2.24. The number of fused-ring (bicyclic) bond motifs is 1. The van der Waals surface area contributed by atoms with Crippen molar-refractivity contribution in [2.75, 3.05) is 13.1 Å². The van der Waals surface area contributed by atoms with E-state index in [0.29, 0.717) is 0 Å². The lowest BCUT2D eigenvalue weighted by atomic mass is 9.90. The zero-order valence-electron chi connectivity index (χ0n) is 18.6. The van der Waals surface area contributed by atoms with Crippen LogP contribution in [0.2, 0.25) is 0 Å². The molecule has 164 valence electrons. The van der Waals surface area contributed by atoms with E-state index in [2.05, 4.69) is 99.0 Å². The first-order valence-corrected chi connectivity index (χ1v) is 12.2. The number of rotatable bonds is 7. The molecule has 0 spiro atoms. The molecule has 32 heavy (non-hydrogen) atoms. The molecular formula is C28H31N3S. The molecule has 1 fully saturated rings. The van der Waals surface area contributed by atoms with Gasteiger partial charge in [0.25, 0.3) is 0 Å². The molecule has 0 amide bonds. The largest absolute Gasteiger partial charge is 0.316 e. The molecule has 0 unspecified atom stereocenters. The fourth-order valence-corrected chi connectivity index (χ4v) is 5.34. The van der Waals surface area contributed by atoms with Crippen LogP contribution in [0.25, 0.3) is 11.0 Å². The van der Waals surface area contributed by atoms with E-state index in [4.69, 9.17) is 12.2 Å². The molecule has 4 aromatic rings. The Morgan fingerprint density at radius 3 is 1.91 bits per heavy atom. The fourth-order valence-electron chi connectivity index (χ4n) is 4.99. The minimum absolute atomic E-state index is 0.786. The maximum Gasteiger partial charge on any atom is 0.181 e. The van der Waals surface area contributed by atoms with E-state index < -0.39 is 0 Å². The van der Waals surface area contributed by atoms with Gasteiger partial charge in [-0.2, -0.15) is 0 Å². The molecule has 1 aromatic heterocycles. The smallest absolute Gasteiger partial charge is 0.181 e. The number of imidazole rings is 1. The average molecular weight is 442 g/mol. The van der Waals surface area contributed by atoms with Gasteiger partial charge in [-0.1, -0.05) is 72.8 Å². The number of hydrogen-bond acceptors (Lipinski definition) is 2. The van der Waals surface area contributed by atoms with Gasteiger partial charge in [0.05, 0.1) is 17.7 Å². The molecule has 0 atom stereocenters. The summed E-state index contributed by atoms with van der Waals surface area (Å²) in [6.07, 6.45) is 4.71. The van der Waals surface area contributed by atoms with Crippen LogP contribution in [-0.4, -0.2) is 27.1 Å². The van der Waals surface area contributed by atoms with Gasteiger partial charge in [-0.15, -0.1) is 0 Å². The molecule has 1 aliphatic rings. The minimum atomic E-state index is 0.786. The van der Waals surface area contributed by atoms with Crippen LogP contribution in [-0.2, 0) is 26.1 Å². The molecule has 5 rings (SSSR count). The van der Waals surface area contributed by atoms with Crippen molar-refractivity contribution in [2.45, 2.75) is 38.9 Å². The molecule has 2 heterocycles. The van der Waals surface area contributed by atoms with Crippen LogP contribution in [0.3, 0.4) is 0 Å². The Morgan fingerprint density at radius 2 is 1.25 bits per heavy atom. The van der Waals surface area contributed by atoms with Crippen LogP contribution < -0.4 is 0 Å². The molecule has 0 saturated carbocycles. The van der Waals surface area contributed by atoms with Crippen LogP contribution in [0, 0.1) is 10.7 Å². The molecule has 1 saturated heterocycles. The molecule has 0 N–H and O–H groups in total. The second-order valence-electron chi connectivity index (χ2n) is 8.98. The van der Waals surface area contributed by atoms with E-state index in [1.54, 1.807) is 0 Å². The van der Waals surface area contributed by atoms with Crippen LogP contribution in [0.1, 0.15) is 24.0 Å². The van der Waals surface area contributed by atoms with E-state index in [9.17, 15) is 0 Å². The monoisotopic (exact) mass is 441 g/mol. The number of aromatic nitrogens is 2. The van der Waals surface area contributed by atoms with Crippen molar-refractivity contribution in [3.8, 4) is 0 Å². The lowest BCUT2D eigenvalue weighted by Gasteiger charge is -2.32. The van der Waals surface area contributed by atoms with E-state index in [0.717, 1.165) is 43.4 Å². The highest BCUT2D eigenvalue weighted by Gasteiger charge is 2.21. The van der Waals surface area contributed by atoms with Crippen LogP contribution >= 0.6 is 12.2 Å². The summed E-state index contributed by atoms with van der Waals surface area (Å²) >= 11 is 5.99. The third kappa shape index (κ3) is 4.72. The van der Waals surface area contributed by atoms with Gasteiger partial charge < -0.3 is 9.13 Å². The van der Waals surface area contributed by atoms with E-state index >= 15 is 0 Å². The van der Waals surface area contributed by atoms with Gasteiger partial charge in [-0.25, -0.2) is 0 Å². The standard InChI is InChI=1S/C28H31N3S/c32-28-30(20-17-23-9-3-1-4-10-23)26-13-7-8-14-27(26)31(28)22-29-18-15-25(16-19-29)21-24-11-5-2-6-12-24/h1-14,25H,15-22H2. The van der Waals surface area contributed by atoms with Gasteiger partial charge in [-0.05, 0) is 67.1 Å². The summed E-state index contributed by atoms with van der Waals surface area (Å²) in [6, 6.07) is 30.3. The second kappa shape index (κ2) is 9.85. The third-order valence-corrected chi connectivity index (χ3v) is 7.25. The first-order chi connectivity index (χ1) is 15.8. The summed E-state index contributed by atoms with van der Waals surface area (Å²) < 4.78 is 5.60. The number of nitrogens with zero attached hydrogens (tertiary/aromatic N) is 3. The maximum atomic E-state index is 5.99. The SMILES string of the molecule is S=c1n(CCc2ccccc2)c2ccccc2n1CN1CCC(Cc2ccccc2)CC1. The molecule has 1 aliphatic heterocycles. The predicted molar refractivity (Wildman–Crippen MR) is 135 cm³/mol. The maximum absolute atomic E-state index is 5.99. The molecule has 4 heteroatoms. The van der Waals surface area contributed by atoms with Gasteiger partial charge in [0, 0.05) is 19.6 Å². The zero-order chi connectivity index (χ0) is 21.8. The molecule has 3 aromatic carbocycles. The topological polar surface area (TPSA) is 13.1 Å². The third-order valence-electron chi connectivity index (χ3n) is 6.81. The Labute approximate surface area is 195 Å². The van der Waals surface area contributed by atoms with Crippen LogP contribution in [0.15, 0.2) is 84.9 Å². The highest BCUT2D eigenvalue weighted by molar-refractivity contribution is 7.71. The zero-order valence-corrected chi connectivity index (χ0v) is 19.4. The van der Waals surface area contributed by atoms with Crippen molar-refractivity contribution in [3.63, 3.8) is 0 Å². The Balaban J connectivity index is 1.28. The van der Waals surface area contributed by atoms with Crippen molar-refractivity contribution < 1.29 is 0 Å². The van der Waals surface area contributed by atoms with Crippen molar-refractivity contribution in [1.29, 1.82) is 0 Å². The number of para-hydroxylation sites is 2. The Bertz CT molecular complexity index is 1200. The lowest BCUT2D eigenvalue weighted by Crippen LogP contribution is -2.35.